The maximum atomic E-state index is 13.2. The molecule has 2 nitrogen and oxygen atoms in total. The maximum absolute atomic E-state index is 13.2. The Balaban J connectivity index is 2.44. The summed E-state index contributed by atoms with van der Waals surface area (Å²) in [7, 11) is 0. The van der Waals surface area contributed by atoms with Gasteiger partial charge < -0.3 is 5.73 Å². The first-order chi connectivity index (χ1) is 8.39. The van der Waals surface area contributed by atoms with E-state index in [1.807, 2.05) is 0 Å². The van der Waals surface area contributed by atoms with Gasteiger partial charge in [0.25, 0.3) is 0 Å². The van der Waals surface area contributed by atoms with Gasteiger partial charge in [-0.05, 0) is 17.7 Å². The molecule has 0 amide bonds. The van der Waals surface area contributed by atoms with Crippen LogP contribution in [-0.4, -0.2) is 4.98 Å². The van der Waals surface area contributed by atoms with E-state index < -0.39 is 17.6 Å². The van der Waals surface area contributed by atoms with Crippen molar-refractivity contribution in [2.45, 2.75) is 6.18 Å². The second-order valence-electron chi connectivity index (χ2n) is 3.66. The first-order valence-electron chi connectivity index (χ1n) is 4.96. The molecule has 0 saturated heterocycles. The van der Waals surface area contributed by atoms with Crippen molar-refractivity contribution in [2.24, 2.45) is 0 Å². The van der Waals surface area contributed by atoms with Crippen LogP contribution in [0.5, 0.6) is 0 Å². The van der Waals surface area contributed by atoms with Crippen LogP contribution in [-0.2, 0) is 6.18 Å². The molecule has 0 aliphatic heterocycles. The lowest BCUT2D eigenvalue weighted by Gasteiger charge is -2.09. The van der Waals surface area contributed by atoms with E-state index in [1.54, 1.807) is 0 Å². The molecule has 0 spiro atoms. The van der Waals surface area contributed by atoms with Crippen molar-refractivity contribution in [3.63, 3.8) is 0 Å². The van der Waals surface area contributed by atoms with Crippen molar-refractivity contribution in [3.8, 4) is 11.1 Å². The summed E-state index contributed by atoms with van der Waals surface area (Å²) < 4.78 is 50.3. The van der Waals surface area contributed by atoms with Gasteiger partial charge in [-0.15, -0.1) is 0 Å². The number of aromatic nitrogens is 1. The molecule has 6 heteroatoms. The summed E-state index contributed by atoms with van der Waals surface area (Å²) >= 11 is 0. The van der Waals surface area contributed by atoms with Crippen molar-refractivity contribution in [3.05, 3.63) is 48.0 Å². The van der Waals surface area contributed by atoms with Gasteiger partial charge in [0, 0.05) is 11.8 Å². The molecule has 0 unspecified atom stereocenters. The summed E-state index contributed by atoms with van der Waals surface area (Å²) in [5.41, 5.74) is 5.25. The molecule has 1 aromatic carbocycles. The molecule has 0 aliphatic rings. The van der Waals surface area contributed by atoms with Gasteiger partial charge in [-0.2, -0.15) is 13.2 Å². The van der Waals surface area contributed by atoms with Crippen LogP contribution in [0.1, 0.15) is 5.56 Å². The molecule has 0 bridgehead atoms. The fraction of sp³-hybridized carbons (Fsp3) is 0.0833. The summed E-state index contributed by atoms with van der Waals surface area (Å²) in [5.74, 6) is -0.701. The van der Waals surface area contributed by atoms with E-state index >= 15 is 0 Å². The third-order valence-electron chi connectivity index (χ3n) is 2.46. The highest BCUT2D eigenvalue weighted by Gasteiger charge is 2.30. The standard InChI is InChI=1S/C12H8F4N2/c13-10-6-18-5-9(11(10)17)7-1-3-8(4-2-7)12(14,15)16/h1-6H,(H2,17,18). The normalized spacial score (nSPS) is 11.6. The number of hydrogen-bond acceptors (Lipinski definition) is 2. The van der Waals surface area contributed by atoms with Crippen LogP contribution in [0, 0.1) is 5.82 Å². The number of nitrogens with zero attached hydrogens (tertiary/aromatic N) is 1. The Morgan fingerprint density at radius 1 is 1.00 bits per heavy atom. The third-order valence-corrected chi connectivity index (χ3v) is 2.46. The zero-order chi connectivity index (χ0) is 13.3. The minimum Gasteiger partial charge on any atom is -0.396 e. The van der Waals surface area contributed by atoms with Gasteiger partial charge in [0.1, 0.15) is 0 Å². The number of hydrogen-bond donors (Lipinski definition) is 1. The molecule has 1 heterocycles. The van der Waals surface area contributed by atoms with Crippen LogP contribution in [0.2, 0.25) is 0 Å². The van der Waals surface area contributed by atoms with Gasteiger partial charge in [0.2, 0.25) is 0 Å². The van der Waals surface area contributed by atoms with Crippen molar-refractivity contribution in [2.75, 3.05) is 5.73 Å². The summed E-state index contributed by atoms with van der Waals surface area (Å²) in [6, 6.07) is 4.30. The predicted molar refractivity (Wildman–Crippen MR) is 59.0 cm³/mol. The number of benzene rings is 1. The monoisotopic (exact) mass is 256 g/mol. The van der Waals surface area contributed by atoms with E-state index in [1.165, 1.54) is 18.3 Å². The van der Waals surface area contributed by atoms with Gasteiger partial charge in [0.05, 0.1) is 17.4 Å². The first-order valence-corrected chi connectivity index (χ1v) is 4.96. The van der Waals surface area contributed by atoms with E-state index in [0.29, 0.717) is 5.56 Å². The highest BCUT2D eigenvalue weighted by atomic mass is 19.4. The average Bonchev–Trinajstić information content (AvgIpc) is 2.32. The number of rotatable bonds is 1. The molecular formula is C12H8F4N2. The number of halogens is 4. The summed E-state index contributed by atoms with van der Waals surface area (Å²) in [6.45, 7) is 0. The topological polar surface area (TPSA) is 38.9 Å². The molecule has 1 aromatic heterocycles. The molecule has 2 N–H and O–H groups in total. The minimum atomic E-state index is -4.40. The lowest BCUT2D eigenvalue weighted by Crippen LogP contribution is -2.04. The smallest absolute Gasteiger partial charge is 0.396 e. The van der Waals surface area contributed by atoms with Gasteiger partial charge in [0.15, 0.2) is 5.82 Å². The van der Waals surface area contributed by atoms with Crippen LogP contribution >= 0.6 is 0 Å². The number of nitrogen functional groups attached to an aromatic ring is 1. The number of nitrogens with two attached hydrogens (primary N) is 1. The van der Waals surface area contributed by atoms with Gasteiger partial charge >= 0.3 is 6.18 Å². The fourth-order valence-corrected chi connectivity index (χ4v) is 1.51. The van der Waals surface area contributed by atoms with Crippen molar-refractivity contribution >= 4 is 5.69 Å². The number of alkyl halides is 3. The zero-order valence-corrected chi connectivity index (χ0v) is 9.00. The molecule has 2 aromatic rings. The third kappa shape index (κ3) is 2.27. The van der Waals surface area contributed by atoms with Crippen LogP contribution in [0.4, 0.5) is 23.2 Å². The summed E-state index contributed by atoms with van der Waals surface area (Å²) in [4.78, 5) is 3.62. The molecule has 0 saturated carbocycles. The largest absolute Gasteiger partial charge is 0.416 e. The van der Waals surface area contributed by atoms with Crippen LogP contribution in [0.3, 0.4) is 0 Å². The highest BCUT2D eigenvalue weighted by molar-refractivity contribution is 5.75. The van der Waals surface area contributed by atoms with E-state index in [9.17, 15) is 17.6 Å². The lowest BCUT2D eigenvalue weighted by atomic mass is 10.0. The Bertz CT molecular complexity index is 561. The molecule has 0 atom stereocenters. The molecule has 0 radical (unpaired) electrons. The van der Waals surface area contributed by atoms with Gasteiger partial charge in [-0.1, -0.05) is 12.1 Å². The Hall–Kier alpha value is -2.11. The summed E-state index contributed by atoms with van der Waals surface area (Å²) in [5, 5.41) is 0. The Kier molecular flexibility index (Phi) is 2.94. The van der Waals surface area contributed by atoms with Crippen LogP contribution in [0.25, 0.3) is 11.1 Å². The second-order valence-corrected chi connectivity index (χ2v) is 3.66. The van der Waals surface area contributed by atoms with Crippen LogP contribution < -0.4 is 5.73 Å². The fourth-order valence-electron chi connectivity index (χ4n) is 1.51. The van der Waals surface area contributed by atoms with E-state index in [-0.39, 0.29) is 11.3 Å². The van der Waals surface area contributed by atoms with Crippen molar-refractivity contribution in [1.82, 2.24) is 4.98 Å². The van der Waals surface area contributed by atoms with Gasteiger partial charge in [-0.25, -0.2) is 4.39 Å². The maximum Gasteiger partial charge on any atom is 0.416 e. The Morgan fingerprint density at radius 3 is 2.17 bits per heavy atom. The van der Waals surface area contributed by atoms with Crippen molar-refractivity contribution in [1.29, 1.82) is 0 Å². The van der Waals surface area contributed by atoms with E-state index in [0.717, 1.165) is 18.3 Å². The molecule has 94 valence electrons. The highest BCUT2D eigenvalue weighted by Crippen LogP contribution is 2.32. The minimum absolute atomic E-state index is 0.134. The second kappa shape index (κ2) is 4.29. The molecule has 2 rings (SSSR count). The Morgan fingerprint density at radius 2 is 1.61 bits per heavy atom. The zero-order valence-electron chi connectivity index (χ0n) is 9.00. The van der Waals surface area contributed by atoms with E-state index in [2.05, 4.69) is 4.98 Å². The quantitative estimate of drug-likeness (QED) is 0.793. The number of pyridine rings is 1. The van der Waals surface area contributed by atoms with Crippen molar-refractivity contribution < 1.29 is 17.6 Å². The average molecular weight is 256 g/mol. The first kappa shape index (κ1) is 12.3. The SMILES string of the molecule is Nc1c(F)cncc1-c1ccc(C(F)(F)F)cc1. The molecule has 0 aliphatic carbocycles. The molecule has 18 heavy (non-hydrogen) atoms. The van der Waals surface area contributed by atoms with Gasteiger partial charge in [-0.3, -0.25) is 4.98 Å². The summed E-state index contributed by atoms with van der Waals surface area (Å²) in [6.07, 6.45) is -2.14. The van der Waals surface area contributed by atoms with Crippen LogP contribution in [0.15, 0.2) is 36.7 Å². The van der Waals surface area contributed by atoms with E-state index in [4.69, 9.17) is 5.73 Å². The molecule has 0 fully saturated rings. The Labute approximate surface area is 100 Å². The number of anilines is 1. The predicted octanol–water partition coefficient (Wildman–Crippen LogP) is 3.49. The molecular weight excluding hydrogens is 248 g/mol. The lowest BCUT2D eigenvalue weighted by molar-refractivity contribution is -0.137.